The number of likely N-dealkylation sites (tertiary alicyclic amines) is 2. The number of carbonyl (C=O) groups excluding carboxylic acids is 2. The Hall–Kier alpha value is -2.96. The van der Waals surface area contributed by atoms with Crippen LogP contribution >= 0.6 is 11.6 Å². The highest BCUT2D eigenvalue weighted by atomic mass is 35.5. The number of hydrogen-bond acceptors (Lipinski definition) is 8. The van der Waals surface area contributed by atoms with Crippen LogP contribution in [0, 0.1) is 17.8 Å². The number of amides is 2. The summed E-state index contributed by atoms with van der Waals surface area (Å²) in [5.41, 5.74) is 3.54. The Labute approximate surface area is 319 Å². The zero-order valence-electron chi connectivity index (χ0n) is 31.2. The molecule has 2 aromatic carbocycles. The van der Waals surface area contributed by atoms with Gasteiger partial charge < -0.3 is 24.0 Å². The van der Waals surface area contributed by atoms with Crippen molar-refractivity contribution in [2.75, 3.05) is 76.5 Å². The van der Waals surface area contributed by atoms with Crippen LogP contribution in [0.5, 0.6) is 5.75 Å². The van der Waals surface area contributed by atoms with E-state index in [0.717, 1.165) is 74.7 Å². The zero-order chi connectivity index (χ0) is 36.9. The Kier molecular flexibility index (Phi) is 10.4. The van der Waals surface area contributed by atoms with Crippen molar-refractivity contribution >= 4 is 38.8 Å². The molecule has 2 aromatic rings. The maximum absolute atomic E-state index is 14.7. The van der Waals surface area contributed by atoms with Gasteiger partial charge in [-0.1, -0.05) is 36.7 Å². The first-order valence-corrected chi connectivity index (χ1v) is 21.6. The third kappa shape index (κ3) is 7.41. The third-order valence-electron chi connectivity index (χ3n) is 12.9. The van der Waals surface area contributed by atoms with Gasteiger partial charge in [-0.25, -0.2) is 4.21 Å². The molecule has 4 aliphatic heterocycles. The number of aryl methyl sites for hydroxylation is 1. The minimum absolute atomic E-state index is 0.0310. The Bertz CT molecular complexity index is 1880. The van der Waals surface area contributed by atoms with E-state index in [1.165, 1.54) is 11.1 Å². The van der Waals surface area contributed by atoms with Crippen molar-refractivity contribution in [1.82, 2.24) is 9.80 Å². The van der Waals surface area contributed by atoms with Gasteiger partial charge in [0, 0.05) is 81.3 Å². The van der Waals surface area contributed by atoms with E-state index in [-0.39, 0.29) is 47.0 Å². The summed E-state index contributed by atoms with van der Waals surface area (Å²) < 4.78 is 37.4. The number of carbonyl (C=O) groups is 2. The predicted octanol–water partition coefficient (Wildman–Crippen LogP) is 5.60. The largest absolute Gasteiger partial charge is 0.490 e. The van der Waals surface area contributed by atoms with Crippen LogP contribution in [0.1, 0.15) is 60.5 Å². The quantitative estimate of drug-likeness (QED) is 0.363. The van der Waals surface area contributed by atoms with Crippen molar-refractivity contribution in [1.29, 1.82) is 0 Å². The number of rotatable bonds is 5. The van der Waals surface area contributed by atoms with Crippen molar-refractivity contribution in [3.8, 4) is 5.75 Å². The third-order valence-corrected chi connectivity index (χ3v) is 15.4. The van der Waals surface area contributed by atoms with Gasteiger partial charge in [-0.15, -0.1) is 0 Å². The van der Waals surface area contributed by atoms with Crippen molar-refractivity contribution in [3.05, 3.63) is 70.3 Å². The van der Waals surface area contributed by atoms with E-state index in [1.807, 2.05) is 25.1 Å². The van der Waals surface area contributed by atoms with Crippen molar-refractivity contribution in [2.24, 2.45) is 22.1 Å². The van der Waals surface area contributed by atoms with Crippen LogP contribution in [0.4, 0.5) is 5.69 Å². The molecule has 6 aliphatic rings. The molecule has 6 atom stereocenters. The molecule has 1 saturated carbocycles. The number of methoxy groups -OCH3 is 2. The van der Waals surface area contributed by atoms with Gasteiger partial charge in [-0.05, 0) is 97.7 Å². The Morgan fingerprint density at radius 3 is 2.66 bits per heavy atom. The Morgan fingerprint density at radius 1 is 1.08 bits per heavy atom. The van der Waals surface area contributed by atoms with E-state index < -0.39 is 15.6 Å². The molecule has 286 valence electrons. The molecule has 53 heavy (non-hydrogen) atoms. The number of allylic oxidation sites excluding steroid dienone is 1. The minimum atomic E-state index is -3.23. The molecular weight excluding hydrogens is 712 g/mol. The highest BCUT2D eigenvalue weighted by molar-refractivity contribution is 7.94. The maximum atomic E-state index is 14.7. The SMILES string of the molecule is COC1CN(C2CN(C(=O)C[S@@]3(=O)=NC(=O)c4ccc5c(c4)N(C[C@@H]4CC[C@H]4[C@@H](OC)/C=C/C[C@H](C)C3)C[C@@]3(CCCc4cc(Cl)ccc43)CO5)C2)C1. The highest BCUT2D eigenvalue weighted by Crippen LogP contribution is 2.47. The van der Waals surface area contributed by atoms with E-state index >= 15 is 0 Å². The molecule has 0 unspecified atom stereocenters. The normalized spacial score (nSPS) is 32.9. The molecule has 0 radical (unpaired) electrons. The summed E-state index contributed by atoms with van der Waals surface area (Å²) in [7, 11) is 0.285. The second-order valence-corrected chi connectivity index (χ2v) is 19.3. The fourth-order valence-electron chi connectivity index (χ4n) is 9.56. The monoisotopic (exact) mass is 764 g/mol. The van der Waals surface area contributed by atoms with Crippen LogP contribution in [-0.2, 0) is 35.8 Å². The van der Waals surface area contributed by atoms with E-state index in [1.54, 1.807) is 25.2 Å². The summed E-state index contributed by atoms with van der Waals surface area (Å²) in [5, 5.41) is 0.751. The van der Waals surface area contributed by atoms with E-state index in [4.69, 9.17) is 25.8 Å². The number of ether oxygens (including phenoxy) is 3. The number of nitrogens with zero attached hydrogens (tertiary/aromatic N) is 4. The molecule has 2 aliphatic carbocycles. The summed E-state index contributed by atoms with van der Waals surface area (Å²) in [4.78, 5) is 34.2. The first-order chi connectivity index (χ1) is 25.5. The summed E-state index contributed by atoms with van der Waals surface area (Å²) in [6, 6.07) is 12.0. The van der Waals surface area contributed by atoms with Gasteiger partial charge in [0.15, 0.2) is 0 Å². The molecule has 8 rings (SSSR count). The van der Waals surface area contributed by atoms with Gasteiger partial charge in [-0.3, -0.25) is 14.5 Å². The molecule has 4 heterocycles. The van der Waals surface area contributed by atoms with E-state index in [0.29, 0.717) is 43.5 Å². The van der Waals surface area contributed by atoms with Gasteiger partial charge in [0.05, 0.1) is 34.2 Å². The zero-order valence-corrected chi connectivity index (χ0v) is 32.8. The molecule has 3 fully saturated rings. The first kappa shape index (κ1) is 37.0. The number of anilines is 1. The molecule has 10 nitrogen and oxygen atoms in total. The number of fused-ring (bicyclic) bond motifs is 4. The molecular formula is C41H53ClN4O6S. The molecule has 2 saturated heterocycles. The van der Waals surface area contributed by atoms with Gasteiger partial charge in [-0.2, -0.15) is 4.36 Å². The average molecular weight is 765 g/mol. The average Bonchev–Trinajstić information content (AvgIpc) is 3.22. The van der Waals surface area contributed by atoms with Crippen molar-refractivity contribution in [2.45, 2.75) is 69.1 Å². The Balaban J connectivity index is 1.12. The molecule has 2 amide bonds. The van der Waals surface area contributed by atoms with Crippen LogP contribution < -0.4 is 9.64 Å². The van der Waals surface area contributed by atoms with Crippen LogP contribution in [0.3, 0.4) is 0 Å². The molecule has 1 spiro atoms. The second kappa shape index (κ2) is 14.9. The summed E-state index contributed by atoms with van der Waals surface area (Å²) in [6.07, 6.45) is 10.4. The molecule has 12 heteroatoms. The lowest BCUT2D eigenvalue weighted by molar-refractivity contribution is -0.141. The van der Waals surface area contributed by atoms with Crippen LogP contribution in [-0.4, -0.2) is 116 Å². The summed E-state index contributed by atoms with van der Waals surface area (Å²) >= 11 is 6.47. The van der Waals surface area contributed by atoms with Gasteiger partial charge >= 0.3 is 0 Å². The van der Waals surface area contributed by atoms with E-state index in [9.17, 15) is 13.8 Å². The van der Waals surface area contributed by atoms with Crippen molar-refractivity contribution in [3.63, 3.8) is 0 Å². The molecule has 2 bridgehead atoms. The maximum Gasteiger partial charge on any atom is 0.285 e. The fourth-order valence-corrected chi connectivity index (χ4v) is 12.0. The number of halogens is 1. The van der Waals surface area contributed by atoms with Crippen LogP contribution in [0.15, 0.2) is 52.9 Å². The smallest absolute Gasteiger partial charge is 0.285 e. The van der Waals surface area contributed by atoms with Gasteiger partial charge in [0.1, 0.15) is 11.5 Å². The lowest BCUT2D eigenvalue weighted by Gasteiger charge is -2.51. The molecule has 0 aromatic heterocycles. The van der Waals surface area contributed by atoms with Crippen LogP contribution in [0.2, 0.25) is 5.02 Å². The number of benzene rings is 2. The van der Waals surface area contributed by atoms with Gasteiger partial charge in [0.2, 0.25) is 5.91 Å². The second-order valence-electron chi connectivity index (χ2n) is 16.5. The first-order valence-electron chi connectivity index (χ1n) is 19.4. The van der Waals surface area contributed by atoms with Crippen LogP contribution in [0.25, 0.3) is 0 Å². The lowest BCUT2D eigenvalue weighted by Crippen LogP contribution is -2.68. The topological polar surface area (TPSA) is 101 Å². The Morgan fingerprint density at radius 2 is 1.91 bits per heavy atom. The fraction of sp³-hybridized carbons (Fsp3) is 0.610. The lowest BCUT2D eigenvalue weighted by atomic mass is 9.68. The van der Waals surface area contributed by atoms with Gasteiger partial charge in [0.25, 0.3) is 5.91 Å². The van der Waals surface area contributed by atoms with Crippen molar-refractivity contribution < 1.29 is 28.0 Å². The minimum Gasteiger partial charge on any atom is -0.490 e. The highest BCUT2D eigenvalue weighted by Gasteiger charge is 2.45. The summed E-state index contributed by atoms with van der Waals surface area (Å²) in [6.45, 7) is 7.01. The summed E-state index contributed by atoms with van der Waals surface area (Å²) in [5.74, 6) is 0.576. The number of hydrogen-bond donors (Lipinski definition) is 0. The standard InChI is InChI=1S/C41H53ClN4O6S/c1-27-6-4-8-37(51-3)34-12-9-30(34)18-46-25-41(15-5-7-28-16-31(42)11-13-35(28)41)26-52-38-14-10-29(17-36(38)46)40(48)43-53(49,23-27)24-39(47)45-19-32(20-45)44-21-33(22-44)50-2/h4,8,10-11,13-14,16-17,27,30,32-34,37H,5-7,9,12,15,18-26H2,1-3H3/b8-4+/t27-,30-,34+,37-,41-,53+/m0/s1. The molecule has 0 N–H and O–H groups in total. The predicted molar refractivity (Wildman–Crippen MR) is 208 cm³/mol. The van der Waals surface area contributed by atoms with E-state index in [2.05, 4.69) is 38.4 Å².